The summed E-state index contributed by atoms with van der Waals surface area (Å²) in [5.41, 5.74) is 1.77. The van der Waals surface area contributed by atoms with E-state index in [9.17, 15) is 18.5 Å². The maximum absolute atomic E-state index is 12.2. The SMILES string of the molecule is CN(CCC#N)S(=O)(=O)c1ccc([N+](=O)[O-])cc1NN. The lowest BCUT2D eigenvalue weighted by atomic mass is 10.3. The van der Waals surface area contributed by atoms with Crippen LogP contribution in [-0.4, -0.2) is 31.2 Å². The molecule has 0 aliphatic heterocycles. The highest BCUT2D eigenvalue weighted by atomic mass is 32.2. The molecule has 0 amide bonds. The molecule has 0 aliphatic carbocycles. The normalized spacial score (nSPS) is 11.1. The van der Waals surface area contributed by atoms with E-state index in [1.54, 1.807) is 0 Å². The second-order valence-electron chi connectivity index (χ2n) is 3.82. The molecule has 1 aromatic rings. The number of nitrogens with one attached hydrogen (secondary N) is 1. The van der Waals surface area contributed by atoms with Crippen LogP contribution in [0, 0.1) is 21.4 Å². The van der Waals surface area contributed by atoms with Gasteiger partial charge in [0.05, 0.1) is 16.7 Å². The first kappa shape index (κ1) is 15.8. The van der Waals surface area contributed by atoms with Gasteiger partial charge in [-0.2, -0.15) is 9.57 Å². The molecule has 0 bridgehead atoms. The van der Waals surface area contributed by atoms with Crippen LogP contribution in [0.2, 0.25) is 0 Å². The Balaban J connectivity index is 3.25. The van der Waals surface area contributed by atoms with Gasteiger partial charge >= 0.3 is 0 Å². The molecule has 0 aromatic heterocycles. The predicted octanol–water partition coefficient (Wildman–Crippen LogP) is 0.415. The molecular weight excluding hydrogens is 286 g/mol. The summed E-state index contributed by atoms with van der Waals surface area (Å²) in [5.74, 6) is 5.21. The van der Waals surface area contributed by atoms with Gasteiger partial charge < -0.3 is 5.43 Å². The third-order valence-corrected chi connectivity index (χ3v) is 4.47. The van der Waals surface area contributed by atoms with Crippen molar-refractivity contribution in [2.75, 3.05) is 19.0 Å². The van der Waals surface area contributed by atoms with Gasteiger partial charge in [-0.3, -0.25) is 16.0 Å². The molecule has 0 spiro atoms. The Labute approximate surface area is 115 Å². The maximum Gasteiger partial charge on any atom is 0.271 e. The number of nitrogens with two attached hydrogens (primary N) is 1. The van der Waals surface area contributed by atoms with Crippen molar-refractivity contribution in [3.8, 4) is 6.07 Å². The first-order valence-electron chi connectivity index (χ1n) is 5.43. The van der Waals surface area contributed by atoms with Gasteiger partial charge in [0.2, 0.25) is 10.0 Å². The molecule has 9 nitrogen and oxygen atoms in total. The summed E-state index contributed by atoms with van der Waals surface area (Å²) in [5, 5.41) is 19.1. The lowest BCUT2D eigenvalue weighted by molar-refractivity contribution is -0.384. The molecule has 0 heterocycles. The van der Waals surface area contributed by atoms with Gasteiger partial charge in [-0.15, -0.1) is 0 Å². The number of non-ortho nitro benzene ring substituents is 1. The van der Waals surface area contributed by atoms with Crippen molar-refractivity contribution in [1.82, 2.24) is 4.31 Å². The minimum absolute atomic E-state index is 0.0137. The third kappa shape index (κ3) is 3.21. The van der Waals surface area contributed by atoms with Crippen molar-refractivity contribution in [2.45, 2.75) is 11.3 Å². The fourth-order valence-corrected chi connectivity index (χ4v) is 2.77. The molecule has 0 atom stereocenters. The van der Waals surface area contributed by atoms with E-state index in [1.165, 1.54) is 7.05 Å². The van der Waals surface area contributed by atoms with Crippen LogP contribution in [0.5, 0.6) is 0 Å². The van der Waals surface area contributed by atoms with E-state index in [-0.39, 0.29) is 29.2 Å². The number of benzene rings is 1. The highest BCUT2D eigenvalue weighted by molar-refractivity contribution is 7.89. The van der Waals surface area contributed by atoms with E-state index in [0.717, 1.165) is 22.5 Å². The van der Waals surface area contributed by atoms with Gasteiger partial charge in [0.1, 0.15) is 4.90 Å². The summed E-state index contributed by atoms with van der Waals surface area (Å²) in [6.45, 7) is 0.0137. The standard InChI is InChI=1S/C10H13N5O4S/c1-14(6-2-5-11)20(18,19)10-4-3-8(15(16)17)7-9(10)13-12/h3-4,7,13H,2,6,12H2,1H3. The zero-order valence-corrected chi connectivity index (χ0v) is 11.4. The summed E-state index contributed by atoms with van der Waals surface area (Å²) in [4.78, 5) is 9.80. The Morgan fingerprint density at radius 2 is 2.20 bits per heavy atom. The number of hydrazine groups is 1. The Kier molecular flexibility index (Phi) is 4.98. The number of hydrogen-bond acceptors (Lipinski definition) is 7. The van der Waals surface area contributed by atoms with Crippen LogP contribution in [0.1, 0.15) is 6.42 Å². The van der Waals surface area contributed by atoms with Crippen LogP contribution < -0.4 is 11.3 Å². The van der Waals surface area contributed by atoms with E-state index in [0.29, 0.717) is 0 Å². The van der Waals surface area contributed by atoms with Gasteiger partial charge in [-0.25, -0.2) is 8.42 Å². The number of nitrogens with zero attached hydrogens (tertiary/aromatic N) is 3. The second-order valence-corrected chi connectivity index (χ2v) is 5.83. The largest absolute Gasteiger partial charge is 0.323 e. The number of nitro benzene ring substituents is 1. The fraction of sp³-hybridized carbons (Fsp3) is 0.300. The average Bonchev–Trinajstić information content (AvgIpc) is 2.43. The van der Waals surface area contributed by atoms with Crippen molar-refractivity contribution in [2.24, 2.45) is 5.84 Å². The quantitative estimate of drug-likeness (QED) is 0.440. The summed E-state index contributed by atoms with van der Waals surface area (Å²) in [6, 6.07) is 5.05. The number of nitrogen functional groups attached to an aromatic ring is 1. The van der Waals surface area contributed by atoms with E-state index < -0.39 is 14.9 Å². The molecule has 0 saturated carbocycles. The molecular formula is C10H13N5O4S. The van der Waals surface area contributed by atoms with Gasteiger partial charge in [0.15, 0.2) is 0 Å². The number of nitro groups is 1. The summed E-state index contributed by atoms with van der Waals surface area (Å²) in [6.07, 6.45) is 0.0358. The van der Waals surface area contributed by atoms with Crippen molar-refractivity contribution in [3.05, 3.63) is 28.3 Å². The Hall–Kier alpha value is -2.22. The van der Waals surface area contributed by atoms with E-state index in [4.69, 9.17) is 11.1 Å². The molecule has 0 aliphatic rings. The molecule has 0 unspecified atom stereocenters. The number of nitriles is 1. The number of anilines is 1. The molecule has 0 saturated heterocycles. The van der Waals surface area contributed by atoms with Gasteiger partial charge in [-0.05, 0) is 6.07 Å². The van der Waals surface area contributed by atoms with E-state index >= 15 is 0 Å². The lowest BCUT2D eigenvalue weighted by Gasteiger charge is -2.17. The number of rotatable bonds is 6. The molecule has 0 fully saturated rings. The zero-order valence-electron chi connectivity index (χ0n) is 10.6. The van der Waals surface area contributed by atoms with Crippen molar-refractivity contribution < 1.29 is 13.3 Å². The highest BCUT2D eigenvalue weighted by Crippen LogP contribution is 2.27. The Morgan fingerprint density at radius 1 is 1.55 bits per heavy atom. The third-order valence-electron chi connectivity index (χ3n) is 2.56. The number of hydrogen-bond donors (Lipinski definition) is 2. The van der Waals surface area contributed by atoms with Gasteiger partial charge in [-0.1, -0.05) is 0 Å². The zero-order chi connectivity index (χ0) is 15.3. The molecule has 108 valence electrons. The molecule has 1 aromatic carbocycles. The van der Waals surface area contributed by atoms with E-state index in [1.807, 2.05) is 6.07 Å². The smallest absolute Gasteiger partial charge is 0.271 e. The lowest BCUT2D eigenvalue weighted by Crippen LogP contribution is -2.29. The van der Waals surface area contributed by atoms with Crippen LogP contribution in [0.15, 0.2) is 23.1 Å². The number of sulfonamides is 1. The van der Waals surface area contributed by atoms with Crippen LogP contribution in [0.25, 0.3) is 0 Å². The summed E-state index contributed by atoms with van der Waals surface area (Å²) in [7, 11) is -2.57. The topological polar surface area (TPSA) is 142 Å². The molecule has 10 heteroatoms. The van der Waals surface area contributed by atoms with Crippen LogP contribution in [0.3, 0.4) is 0 Å². The minimum Gasteiger partial charge on any atom is -0.323 e. The van der Waals surface area contributed by atoms with Crippen LogP contribution in [-0.2, 0) is 10.0 Å². The van der Waals surface area contributed by atoms with Crippen molar-refractivity contribution >= 4 is 21.4 Å². The molecule has 0 radical (unpaired) electrons. The predicted molar refractivity (Wildman–Crippen MR) is 71.0 cm³/mol. The molecule has 1 rings (SSSR count). The first-order chi connectivity index (χ1) is 9.34. The fourth-order valence-electron chi connectivity index (χ4n) is 1.46. The van der Waals surface area contributed by atoms with Gasteiger partial charge in [0, 0.05) is 32.1 Å². The second kappa shape index (κ2) is 6.29. The van der Waals surface area contributed by atoms with Crippen molar-refractivity contribution in [3.63, 3.8) is 0 Å². The maximum atomic E-state index is 12.2. The van der Waals surface area contributed by atoms with E-state index in [2.05, 4.69) is 5.43 Å². The Morgan fingerprint density at radius 3 is 2.70 bits per heavy atom. The highest BCUT2D eigenvalue weighted by Gasteiger charge is 2.25. The minimum atomic E-state index is -3.88. The summed E-state index contributed by atoms with van der Waals surface area (Å²) >= 11 is 0. The monoisotopic (exact) mass is 299 g/mol. The summed E-state index contributed by atoms with van der Waals surface area (Å²) < 4.78 is 25.5. The molecule has 20 heavy (non-hydrogen) atoms. The average molecular weight is 299 g/mol. The van der Waals surface area contributed by atoms with Crippen LogP contribution >= 0.6 is 0 Å². The van der Waals surface area contributed by atoms with Crippen LogP contribution in [0.4, 0.5) is 11.4 Å². The first-order valence-corrected chi connectivity index (χ1v) is 6.87. The van der Waals surface area contributed by atoms with Crippen molar-refractivity contribution in [1.29, 1.82) is 5.26 Å². The molecule has 3 N–H and O–H groups in total. The van der Waals surface area contributed by atoms with Gasteiger partial charge in [0.25, 0.3) is 5.69 Å². The Bertz CT molecular complexity index is 652.